The third-order valence-corrected chi connectivity index (χ3v) is 4.24. The van der Waals surface area contributed by atoms with Gasteiger partial charge in [0.15, 0.2) is 0 Å². The van der Waals surface area contributed by atoms with Gasteiger partial charge in [-0.1, -0.05) is 6.92 Å². The Bertz CT molecular complexity index is 399. The summed E-state index contributed by atoms with van der Waals surface area (Å²) < 4.78 is 16.5. The van der Waals surface area contributed by atoms with E-state index in [-0.39, 0.29) is 18.1 Å². The fraction of sp³-hybridized carbons (Fsp3) is 0.786. The zero-order valence-electron chi connectivity index (χ0n) is 11.9. The van der Waals surface area contributed by atoms with Gasteiger partial charge in [0, 0.05) is 19.6 Å². The molecule has 0 aromatic rings. The molecule has 0 spiro atoms. The molecule has 3 rings (SSSR count). The number of carbonyl (C=O) groups excluding carboxylic acids is 1. The fourth-order valence-electron chi connectivity index (χ4n) is 3.12. The number of piperidine rings is 1. The lowest BCUT2D eigenvalue weighted by Gasteiger charge is -2.46. The van der Waals surface area contributed by atoms with E-state index in [9.17, 15) is 4.79 Å². The Morgan fingerprint density at radius 3 is 3.00 bits per heavy atom. The molecule has 0 aromatic heterocycles. The summed E-state index contributed by atoms with van der Waals surface area (Å²) in [6.07, 6.45) is 2.52. The van der Waals surface area contributed by atoms with Crippen LogP contribution in [0.5, 0.6) is 0 Å². The van der Waals surface area contributed by atoms with E-state index in [1.807, 2.05) is 4.90 Å². The Morgan fingerprint density at radius 1 is 1.35 bits per heavy atom. The first kappa shape index (κ1) is 13.7. The Morgan fingerprint density at radius 2 is 2.25 bits per heavy atom. The number of likely N-dealkylation sites (N-methyl/N-ethyl adjacent to an activating group) is 1. The first-order valence-corrected chi connectivity index (χ1v) is 7.39. The van der Waals surface area contributed by atoms with Crippen molar-refractivity contribution in [1.82, 2.24) is 9.80 Å². The van der Waals surface area contributed by atoms with Crippen molar-refractivity contribution in [2.75, 3.05) is 46.0 Å². The normalized spacial score (nSPS) is 30.9. The second kappa shape index (κ2) is 6.01. The molecule has 6 heteroatoms. The van der Waals surface area contributed by atoms with Gasteiger partial charge in [-0.25, -0.2) is 0 Å². The van der Waals surface area contributed by atoms with E-state index in [4.69, 9.17) is 14.2 Å². The Hall–Kier alpha value is -1.27. The molecular weight excluding hydrogens is 260 g/mol. The van der Waals surface area contributed by atoms with E-state index < -0.39 is 0 Å². The van der Waals surface area contributed by atoms with Gasteiger partial charge in [-0.2, -0.15) is 0 Å². The molecule has 0 aromatic carbocycles. The van der Waals surface area contributed by atoms with Crippen LogP contribution in [0, 0.1) is 0 Å². The second-order valence-electron chi connectivity index (χ2n) is 5.36. The molecule has 1 amide bonds. The van der Waals surface area contributed by atoms with Crippen LogP contribution in [0.2, 0.25) is 0 Å². The monoisotopic (exact) mass is 282 g/mol. The van der Waals surface area contributed by atoms with E-state index in [2.05, 4.69) is 11.8 Å². The minimum absolute atomic E-state index is 0.0621. The molecule has 2 fully saturated rings. The first-order chi connectivity index (χ1) is 9.79. The Labute approximate surface area is 119 Å². The van der Waals surface area contributed by atoms with Gasteiger partial charge in [0.05, 0.1) is 18.8 Å². The predicted octanol–water partition coefficient (Wildman–Crippen LogP) is 0.196. The van der Waals surface area contributed by atoms with Crippen LogP contribution in [0.15, 0.2) is 12.0 Å². The van der Waals surface area contributed by atoms with Gasteiger partial charge in [0.25, 0.3) is 5.91 Å². The van der Waals surface area contributed by atoms with Gasteiger partial charge in [0.1, 0.15) is 19.5 Å². The van der Waals surface area contributed by atoms with Gasteiger partial charge in [0.2, 0.25) is 5.76 Å². The highest BCUT2D eigenvalue weighted by atomic mass is 16.6. The number of hydrogen-bond donors (Lipinski definition) is 0. The number of likely N-dealkylation sites (tertiary alicyclic amines) is 1. The number of hydrogen-bond acceptors (Lipinski definition) is 5. The topological polar surface area (TPSA) is 51.2 Å². The van der Waals surface area contributed by atoms with Gasteiger partial charge in [-0.15, -0.1) is 0 Å². The summed E-state index contributed by atoms with van der Waals surface area (Å²) in [4.78, 5) is 16.8. The average Bonchev–Trinajstić information content (AvgIpc) is 2.54. The lowest BCUT2D eigenvalue weighted by Crippen LogP contribution is -2.61. The molecule has 2 saturated heterocycles. The summed E-state index contributed by atoms with van der Waals surface area (Å²) in [5, 5.41) is 0. The highest BCUT2D eigenvalue weighted by molar-refractivity contribution is 5.91. The molecule has 0 N–H and O–H groups in total. The van der Waals surface area contributed by atoms with Crippen LogP contribution in [0.25, 0.3) is 0 Å². The molecule has 0 unspecified atom stereocenters. The highest BCUT2D eigenvalue weighted by Crippen LogP contribution is 2.25. The van der Waals surface area contributed by atoms with Crippen molar-refractivity contribution in [3.63, 3.8) is 0 Å². The van der Waals surface area contributed by atoms with Crippen LogP contribution in [0.1, 0.15) is 13.3 Å². The number of amides is 1. The van der Waals surface area contributed by atoms with Crippen LogP contribution in [-0.4, -0.2) is 73.9 Å². The molecule has 20 heavy (non-hydrogen) atoms. The van der Waals surface area contributed by atoms with Crippen LogP contribution in [-0.2, 0) is 19.0 Å². The molecule has 6 nitrogen and oxygen atoms in total. The van der Waals surface area contributed by atoms with Crippen molar-refractivity contribution < 1.29 is 19.0 Å². The third kappa shape index (κ3) is 2.62. The largest absolute Gasteiger partial charge is 0.494 e. The summed E-state index contributed by atoms with van der Waals surface area (Å²) in [6, 6.07) is 0.158. The summed E-state index contributed by atoms with van der Waals surface area (Å²) in [6.45, 7) is 7.29. The minimum Gasteiger partial charge on any atom is -0.494 e. The Balaban J connectivity index is 1.70. The molecule has 0 radical (unpaired) electrons. The van der Waals surface area contributed by atoms with Crippen molar-refractivity contribution in [2.24, 2.45) is 0 Å². The predicted molar refractivity (Wildman–Crippen MR) is 72.0 cm³/mol. The third-order valence-electron chi connectivity index (χ3n) is 4.24. The van der Waals surface area contributed by atoms with Crippen molar-refractivity contribution in [3.8, 4) is 0 Å². The number of rotatable bonds is 2. The maximum atomic E-state index is 12.5. The van der Waals surface area contributed by atoms with Crippen molar-refractivity contribution in [3.05, 3.63) is 12.0 Å². The van der Waals surface area contributed by atoms with Crippen LogP contribution >= 0.6 is 0 Å². The van der Waals surface area contributed by atoms with Crippen LogP contribution in [0.4, 0.5) is 0 Å². The zero-order valence-corrected chi connectivity index (χ0v) is 11.9. The van der Waals surface area contributed by atoms with E-state index in [1.165, 1.54) is 6.26 Å². The van der Waals surface area contributed by atoms with Crippen molar-refractivity contribution in [2.45, 2.75) is 25.5 Å². The SMILES string of the molecule is CCN1CC[C@@H]2[C@H](C1)OCCN2C(=O)C1=COCCO1. The van der Waals surface area contributed by atoms with Gasteiger partial charge in [-0.3, -0.25) is 4.79 Å². The lowest BCUT2D eigenvalue weighted by molar-refractivity contribution is -0.153. The number of nitrogens with zero attached hydrogens (tertiary/aromatic N) is 2. The molecule has 0 saturated carbocycles. The zero-order chi connectivity index (χ0) is 13.9. The van der Waals surface area contributed by atoms with Gasteiger partial charge >= 0.3 is 0 Å². The number of carbonyl (C=O) groups is 1. The summed E-state index contributed by atoms with van der Waals surface area (Å²) in [5.41, 5.74) is 0. The second-order valence-corrected chi connectivity index (χ2v) is 5.36. The number of morpholine rings is 1. The molecule has 0 bridgehead atoms. The summed E-state index contributed by atoms with van der Waals surface area (Å²) in [5.74, 6) is 0.266. The van der Waals surface area contributed by atoms with Crippen LogP contribution < -0.4 is 0 Å². The lowest BCUT2D eigenvalue weighted by atomic mass is 9.98. The van der Waals surface area contributed by atoms with Crippen LogP contribution in [0.3, 0.4) is 0 Å². The number of fused-ring (bicyclic) bond motifs is 1. The Kier molecular flexibility index (Phi) is 4.12. The summed E-state index contributed by atoms with van der Waals surface area (Å²) >= 11 is 0. The fourth-order valence-corrected chi connectivity index (χ4v) is 3.12. The molecule has 0 aliphatic carbocycles. The average molecular weight is 282 g/mol. The number of ether oxygens (including phenoxy) is 3. The maximum Gasteiger partial charge on any atom is 0.292 e. The highest BCUT2D eigenvalue weighted by Gasteiger charge is 2.40. The first-order valence-electron chi connectivity index (χ1n) is 7.39. The standard InChI is InChI=1S/C14H22N2O4/c1-2-15-4-3-11-12(9-15)19-6-5-16(11)14(17)13-10-18-7-8-20-13/h10-12H,2-9H2,1H3/t11-,12+/m1/s1. The quantitative estimate of drug-likeness (QED) is 0.724. The van der Waals surface area contributed by atoms with Gasteiger partial charge in [-0.05, 0) is 13.0 Å². The van der Waals surface area contributed by atoms with E-state index >= 15 is 0 Å². The van der Waals surface area contributed by atoms with Crippen molar-refractivity contribution >= 4 is 5.91 Å². The van der Waals surface area contributed by atoms with E-state index in [0.717, 1.165) is 26.1 Å². The minimum atomic E-state index is -0.0621. The molecule has 2 atom stereocenters. The van der Waals surface area contributed by atoms with E-state index in [1.54, 1.807) is 0 Å². The molecule has 3 heterocycles. The smallest absolute Gasteiger partial charge is 0.292 e. The summed E-state index contributed by atoms with van der Waals surface area (Å²) in [7, 11) is 0. The molecule has 3 aliphatic rings. The molecular formula is C14H22N2O4. The molecule has 3 aliphatic heterocycles. The van der Waals surface area contributed by atoms with Crippen molar-refractivity contribution in [1.29, 1.82) is 0 Å². The molecule has 112 valence electrons. The van der Waals surface area contributed by atoms with Gasteiger partial charge < -0.3 is 24.0 Å². The maximum absolute atomic E-state index is 12.5. The van der Waals surface area contributed by atoms with E-state index in [0.29, 0.717) is 32.1 Å².